The summed E-state index contributed by atoms with van der Waals surface area (Å²) in [5, 5.41) is 3.30. The average molecular weight is 384 g/mol. The van der Waals surface area contributed by atoms with Crippen molar-refractivity contribution in [1.82, 2.24) is 19.9 Å². The summed E-state index contributed by atoms with van der Waals surface area (Å²) in [6.45, 7) is 2.59. The van der Waals surface area contributed by atoms with E-state index in [1.165, 1.54) is 0 Å². The van der Waals surface area contributed by atoms with Crippen LogP contribution in [-0.4, -0.2) is 20.4 Å². The molecule has 3 heterocycles. The number of hydrogen-bond acceptors (Lipinski definition) is 4. The number of hydrogen-bond donors (Lipinski definition) is 1. The van der Waals surface area contributed by atoms with Crippen LogP contribution in [0, 0.1) is 6.92 Å². The number of aryl methyl sites for hydroxylation is 1. The smallest absolute Gasteiger partial charge is 0.260 e. The maximum Gasteiger partial charge on any atom is 0.260 e. The van der Waals surface area contributed by atoms with Gasteiger partial charge in [0.25, 0.3) is 11.5 Å². The molecule has 0 saturated heterocycles. The van der Waals surface area contributed by atoms with E-state index in [9.17, 15) is 9.59 Å². The summed E-state index contributed by atoms with van der Waals surface area (Å²) in [5.41, 5.74) is 3.33. The highest BCUT2D eigenvalue weighted by atomic mass is 16.1. The molecule has 0 aliphatic heterocycles. The second-order valence-electron chi connectivity index (χ2n) is 6.83. The summed E-state index contributed by atoms with van der Waals surface area (Å²) in [6, 6.07) is 16.9. The molecular weight excluding hydrogens is 364 g/mol. The molecule has 0 fully saturated rings. The Bertz CT molecular complexity index is 1220. The number of pyridine rings is 3. The number of nitrogens with one attached hydrogen (secondary N) is 1. The molecule has 144 valence electrons. The van der Waals surface area contributed by atoms with Crippen LogP contribution in [0.15, 0.2) is 78.0 Å². The van der Waals surface area contributed by atoms with Gasteiger partial charge in [-0.3, -0.25) is 19.6 Å². The summed E-state index contributed by atoms with van der Waals surface area (Å²) in [5.74, 6) is -0.265. The van der Waals surface area contributed by atoms with Crippen LogP contribution < -0.4 is 10.9 Å². The van der Waals surface area contributed by atoms with Gasteiger partial charge in [-0.05, 0) is 36.2 Å². The minimum absolute atomic E-state index is 0.167. The van der Waals surface area contributed by atoms with Crippen molar-refractivity contribution in [3.05, 3.63) is 106 Å². The van der Waals surface area contributed by atoms with E-state index in [0.29, 0.717) is 35.2 Å². The molecule has 6 nitrogen and oxygen atoms in total. The van der Waals surface area contributed by atoms with E-state index in [-0.39, 0.29) is 11.5 Å². The maximum absolute atomic E-state index is 13.0. The molecule has 1 N–H and O–H groups in total. The van der Waals surface area contributed by atoms with E-state index in [4.69, 9.17) is 0 Å². The molecule has 0 radical (unpaired) electrons. The molecular formula is C23H20N4O2. The van der Waals surface area contributed by atoms with Crippen LogP contribution in [0.2, 0.25) is 0 Å². The molecule has 29 heavy (non-hydrogen) atoms. The van der Waals surface area contributed by atoms with E-state index >= 15 is 0 Å². The lowest BCUT2D eigenvalue weighted by molar-refractivity contribution is 0.0950. The Morgan fingerprint density at radius 1 is 1.07 bits per heavy atom. The third-order valence-corrected chi connectivity index (χ3v) is 4.76. The summed E-state index contributed by atoms with van der Waals surface area (Å²) < 4.78 is 1.63. The van der Waals surface area contributed by atoms with Crippen LogP contribution in [0.5, 0.6) is 0 Å². The second kappa shape index (κ2) is 8.06. The fourth-order valence-corrected chi connectivity index (χ4v) is 3.22. The summed E-state index contributed by atoms with van der Waals surface area (Å²) in [4.78, 5) is 34.2. The summed E-state index contributed by atoms with van der Waals surface area (Å²) in [7, 11) is 0. The van der Waals surface area contributed by atoms with Crippen molar-refractivity contribution in [2.45, 2.75) is 20.0 Å². The van der Waals surface area contributed by atoms with Crippen molar-refractivity contribution in [2.75, 3.05) is 0 Å². The molecule has 6 heteroatoms. The average Bonchev–Trinajstić information content (AvgIpc) is 2.75. The number of carbonyl (C=O) groups excluding carboxylic acids is 1. The first-order valence-electron chi connectivity index (χ1n) is 9.33. The van der Waals surface area contributed by atoms with Crippen molar-refractivity contribution in [2.24, 2.45) is 0 Å². The van der Waals surface area contributed by atoms with Crippen molar-refractivity contribution in [3.63, 3.8) is 0 Å². The van der Waals surface area contributed by atoms with Crippen molar-refractivity contribution in [3.8, 4) is 0 Å². The molecule has 1 aromatic carbocycles. The maximum atomic E-state index is 13.0. The standard InChI is InChI=1S/C23H20N4O2/c1-16-19(22(28)25-14-18-8-5-10-24-13-18)12-20-21(26-16)9-11-27(23(20)29)15-17-6-3-2-4-7-17/h2-13H,14-15H2,1H3,(H,25,28). The van der Waals surface area contributed by atoms with E-state index in [2.05, 4.69) is 15.3 Å². The Morgan fingerprint density at radius 2 is 1.86 bits per heavy atom. The highest BCUT2D eigenvalue weighted by molar-refractivity contribution is 5.98. The molecule has 0 atom stereocenters. The summed E-state index contributed by atoms with van der Waals surface area (Å²) in [6.07, 6.45) is 5.13. The van der Waals surface area contributed by atoms with E-state index in [1.807, 2.05) is 48.5 Å². The topological polar surface area (TPSA) is 76.9 Å². The van der Waals surface area contributed by atoms with Gasteiger partial charge in [-0.15, -0.1) is 0 Å². The lowest BCUT2D eigenvalue weighted by Gasteiger charge is -2.11. The molecule has 0 unspecified atom stereocenters. The molecule has 1 amide bonds. The predicted octanol–water partition coefficient (Wildman–Crippen LogP) is 3.08. The number of amides is 1. The number of carbonyl (C=O) groups is 1. The Balaban J connectivity index is 1.64. The van der Waals surface area contributed by atoms with Crippen LogP contribution >= 0.6 is 0 Å². The Morgan fingerprint density at radius 3 is 2.62 bits per heavy atom. The van der Waals surface area contributed by atoms with Crippen LogP contribution in [0.4, 0.5) is 0 Å². The Kier molecular flexibility index (Phi) is 5.16. The van der Waals surface area contributed by atoms with E-state index in [0.717, 1.165) is 11.1 Å². The lowest BCUT2D eigenvalue weighted by atomic mass is 10.1. The Hall–Kier alpha value is -3.80. The monoisotopic (exact) mass is 384 g/mol. The zero-order valence-electron chi connectivity index (χ0n) is 16.0. The second-order valence-corrected chi connectivity index (χ2v) is 6.83. The minimum Gasteiger partial charge on any atom is -0.348 e. The van der Waals surface area contributed by atoms with Crippen LogP contribution in [0.25, 0.3) is 10.9 Å². The number of rotatable bonds is 5. The minimum atomic E-state index is -0.265. The predicted molar refractivity (Wildman–Crippen MR) is 112 cm³/mol. The largest absolute Gasteiger partial charge is 0.348 e. The summed E-state index contributed by atoms with van der Waals surface area (Å²) >= 11 is 0. The van der Waals surface area contributed by atoms with Crippen molar-refractivity contribution in [1.29, 1.82) is 0 Å². The fourth-order valence-electron chi connectivity index (χ4n) is 3.22. The zero-order chi connectivity index (χ0) is 20.2. The number of benzene rings is 1. The molecule has 0 aliphatic carbocycles. The number of aromatic nitrogens is 3. The lowest BCUT2D eigenvalue weighted by Crippen LogP contribution is -2.25. The first-order valence-corrected chi connectivity index (χ1v) is 9.33. The molecule has 0 aliphatic rings. The van der Waals surface area contributed by atoms with E-state index < -0.39 is 0 Å². The highest BCUT2D eigenvalue weighted by Crippen LogP contribution is 2.14. The van der Waals surface area contributed by atoms with Gasteiger partial charge in [-0.25, -0.2) is 0 Å². The van der Waals surface area contributed by atoms with Gasteiger partial charge in [0.1, 0.15) is 0 Å². The molecule has 3 aromatic heterocycles. The normalized spacial score (nSPS) is 10.8. The van der Waals surface area contributed by atoms with Gasteiger partial charge in [0.05, 0.1) is 28.7 Å². The van der Waals surface area contributed by atoms with Crippen molar-refractivity contribution >= 4 is 16.8 Å². The van der Waals surface area contributed by atoms with Gasteiger partial charge >= 0.3 is 0 Å². The van der Waals surface area contributed by atoms with Crippen LogP contribution in [-0.2, 0) is 13.1 Å². The van der Waals surface area contributed by atoms with Gasteiger partial charge in [0.2, 0.25) is 0 Å². The molecule has 4 rings (SSSR count). The van der Waals surface area contributed by atoms with Gasteiger partial charge in [-0.1, -0.05) is 36.4 Å². The van der Waals surface area contributed by atoms with Crippen LogP contribution in [0.1, 0.15) is 27.2 Å². The number of nitrogens with zero attached hydrogens (tertiary/aromatic N) is 3. The van der Waals surface area contributed by atoms with Gasteiger partial charge in [0, 0.05) is 25.1 Å². The third kappa shape index (κ3) is 4.06. The number of fused-ring (bicyclic) bond motifs is 1. The molecule has 0 spiro atoms. The SMILES string of the molecule is Cc1nc2ccn(Cc3ccccc3)c(=O)c2cc1C(=O)NCc1cccnc1. The van der Waals surface area contributed by atoms with Gasteiger partial charge in [-0.2, -0.15) is 0 Å². The highest BCUT2D eigenvalue weighted by Gasteiger charge is 2.14. The Labute approximate surface area is 167 Å². The van der Waals surface area contributed by atoms with Gasteiger partial charge in [0.15, 0.2) is 0 Å². The van der Waals surface area contributed by atoms with Crippen molar-refractivity contribution < 1.29 is 4.79 Å². The van der Waals surface area contributed by atoms with E-state index in [1.54, 1.807) is 36.1 Å². The first kappa shape index (κ1) is 18.6. The third-order valence-electron chi connectivity index (χ3n) is 4.76. The zero-order valence-corrected chi connectivity index (χ0v) is 16.0. The molecule has 0 bridgehead atoms. The molecule has 0 saturated carbocycles. The van der Waals surface area contributed by atoms with Gasteiger partial charge < -0.3 is 9.88 Å². The first-order chi connectivity index (χ1) is 14.1. The molecule has 4 aromatic rings. The van der Waals surface area contributed by atoms with Crippen LogP contribution in [0.3, 0.4) is 0 Å². The quantitative estimate of drug-likeness (QED) is 0.574. The fraction of sp³-hybridized carbons (Fsp3) is 0.130.